The molecule has 1 aliphatic heterocycles. The van der Waals surface area contributed by atoms with E-state index in [-0.39, 0.29) is 11.8 Å². The van der Waals surface area contributed by atoms with Crippen LogP contribution in [0.3, 0.4) is 0 Å². The van der Waals surface area contributed by atoms with Crippen LogP contribution in [0.4, 0.5) is 5.69 Å². The summed E-state index contributed by atoms with van der Waals surface area (Å²) in [6.07, 6.45) is 7.76. The van der Waals surface area contributed by atoms with Gasteiger partial charge in [-0.15, -0.1) is 0 Å². The van der Waals surface area contributed by atoms with Crippen LogP contribution in [0.25, 0.3) is 6.08 Å². The van der Waals surface area contributed by atoms with Crippen molar-refractivity contribution in [1.29, 1.82) is 0 Å². The lowest BCUT2D eigenvalue weighted by atomic mass is 10.1. The molecule has 0 radical (unpaired) electrons. The molecule has 1 heterocycles. The van der Waals surface area contributed by atoms with Crippen LogP contribution in [0.5, 0.6) is 0 Å². The van der Waals surface area contributed by atoms with Gasteiger partial charge in [0.1, 0.15) is 0 Å². The average Bonchev–Trinajstić information content (AvgIpc) is 2.96. The number of nitrogens with zero attached hydrogens (tertiary/aromatic N) is 1. The number of amides is 2. The highest BCUT2D eigenvalue weighted by Gasteiger charge is 2.17. The van der Waals surface area contributed by atoms with Gasteiger partial charge in [-0.1, -0.05) is 49.2 Å². The van der Waals surface area contributed by atoms with Crippen molar-refractivity contribution in [2.24, 2.45) is 0 Å². The molecule has 26 heavy (non-hydrogen) atoms. The Hall–Kier alpha value is -2.88. The molecular weight excluding hydrogens is 324 g/mol. The molecular formula is C22H24N2O2. The summed E-state index contributed by atoms with van der Waals surface area (Å²) in [5, 5.41) is 2.83. The van der Waals surface area contributed by atoms with Gasteiger partial charge in [-0.3, -0.25) is 9.59 Å². The molecule has 0 aliphatic carbocycles. The predicted octanol–water partition coefficient (Wildman–Crippen LogP) is 4.35. The minimum atomic E-state index is -0.215. The molecule has 4 heteroatoms. The van der Waals surface area contributed by atoms with Gasteiger partial charge in [-0.2, -0.15) is 0 Å². The van der Waals surface area contributed by atoms with E-state index in [1.165, 1.54) is 18.9 Å². The number of likely N-dealkylation sites (tertiary alicyclic amines) is 1. The summed E-state index contributed by atoms with van der Waals surface area (Å²) in [5.74, 6) is -0.170. The number of carbonyl (C=O) groups excluding carboxylic acids is 2. The van der Waals surface area contributed by atoms with E-state index in [9.17, 15) is 9.59 Å². The van der Waals surface area contributed by atoms with E-state index >= 15 is 0 Å². The van der Waals surface area contributed by atoms with Crippen LogP contribution in [-0.2, 0) is 4.79 Å². The van der Waals surface area contributed by atoms with Crippen molar-refractivity contribution in [3.8, 4) is 0 Å². The van der Waals surface area contributed by atoms with Crippen molar-refractivity contribution >= 4 is 23.6 Å². The highest BCUT2D eigenvalue weighted by Crippen LogP contribution is 2.16. The summed E-state index contributed by atoms with van der Waals surface area (Å²) in [5.41, 5.74) is 2.22. The summed E-state index contributed by atoms with van der Waals surface area (Å²) in [6.45, 7) is 1.63. The van der Waals surface area contributed by atoms with E-state index in [2.05, 4.69) is 5.32 Å². The molecule has 4 nitrogen and oxygen atoms in total. The Labute approximate surface area is 154 Å². The maximum atomic E-state index is 12.7. The molecule has 2 amide bonds. The first kappa shape index (κ1) is 17.9. The minimum Gasteiger partial charge on any atom is -0.339 e. The van der Waals surface area contributed by atoms with E-state index in [0.717, 1.165) is 31.5 Å². The Morgan fingerprint density at radius 1 is 0.885 bits per heavy atom. The van der Waals surface area contributed by atoms with E-state index < -0.39 is 0 Å². The van der Waals surface area contributed by atoms with Crippen LogP contribution in [0.1, 0.15) is 41.6 Å². The van der Waals surface area contributed by atoms with Gasteiger partial charge in [0.15, 0.2) is 0 Å². The van der Waals surface area contributed by atoms with Gasteiger partial charge in [-0.05, 0) is 42.7 Å². The molecule has 0 unspecified atom stereocenters. The average molecular weight is 348 g/mol. The second-order valence-corrected chi connectivity index (χ2v) is 6.52. The van der Waals surface area contributed by atoms with Crippen molar-refractivity contribution < 1.29 is 9.59 Å². The summed E-state index contributed by atoms with van der Waals surface area (Å²) in [7, 11) is 0. The summed E-state index contributed by atoms with van der Waals surface area (Å²) in [4.78, 5) is 26.7. The lowest BCUT2D eigenvalue weighted by Crippen LogP contribution is -2.31. The van der Waals surface area contributed by atoms with Gasteiger partial charge in [0.25, 0.3) is 5.91 Å². The smallest absolute Gasteiger partial charge is 0.253 e. The summed E-state index contributed by atoms with van der Waals surface area (Å²) in [6, 6.07) is 16.8. The molecule has 0 saturated carbocycles. The first-order chi connectivity index (χ1) is 12.7. The second-order valence-electron chi connectivity index (χ2n) is 6.52. The standard InChI is InChI=1S/C22H24N2O2/c25-21(14-13-18-9-4-3-5-10-18)23-20-12-8-11-19(17-20)22(26)24-15-6-1-2-7-16-24/h3-5,8-14,17H,1-2,6-7,15-16H2,(H,23,25)/b14-13+. The van der Waals surface area contributed by atoms with Gasteiger partial charge < -0.3 is 10.2 Å². The fourth-order valence-corrected chi connectivity index (χ4v) is 3.11. The second kappa shape index (κ2) is 8.99. The van der Waals surface area contributed by atoms with Crippen molar-refractivity contribution in [1.82, 2.24) is 4.90 Å². The monoisotopic (exact) mass is 348 g/mol. The number of rotatable bonds is 4. The first-order valence-electron chi connectivity index (χ1n) is 9.16. The van der Waals surface area contributed by atoms with Crippen LogP contribution in [0, 0.1) is 0 Å². The Balaban J connectivity index is 1.64. The predicted molar refractivity (Wildman–Crippen MR) is 105 cm³/mol. The number of benzene rings is 2. The number of anilines is 1. The number of hydrogen-bond donors (Lipinski definition) is 1. The lowest BCUT2D eigenvalue weighted by Gasteiger charge is -2.20. The van der Waals surface area contributed by atoms with E-state index in [1.54, 1.807) is 18.2 Å². The normalized spacial score (nSPS) is 14.8. The number of hydrogen-bond acceptors (Lipinski definition) is 2. The van der Waals surface area contributed by atoms with Gasteiger partial charge in [0.2, 0.25) is 5.91 Å². The third-order valence-corrected chi connectivity index (χ3v) is 4.50. The molecule has 1 aliphatic rings. The van der Waals surface area contributed by atoms with Gasteiger partial charge in [-0.25, -0.2) is 0 Å². The molecule has 134 valence electrons. The molecule has 0 aromatic heterocycles. The van der Waals surface area contributed by atoms with Crippen LogP contribution < -0.4 is 5.32 Å². The Morgan fingerprint density at radius 3 is 2.35 bits per heavy atom. The summed E-state index contributed by atoms with van der Waals surface area (Å²) < 4.78 is 0. The molecule has 3 rings (SSSR count). The fourth-order valence-electron chi connectivity index (χ4n) is 3.11. The van der Waals surface area contributed by atoms with E-state index in [0.29, 0.717) is 11.3 Å². The molecule has 0 atom stereocenters. The highest BCUT2D eigenvalue weighted by atomic mass is 16.2. The van der Waals surface area contributed by atoms with E-state index in [1.807, 2.05) is 47.4 Å². The zero-order chi connectivity index (χ0) is 18.2. The van der Waals surface area contributed by atoms with Crippen LogP contribution in [0.15, 0.2) is 60.7 Å². The topological polar surface area (TPSA) is 49.4 Å². The SMILES string of the molecule is O=C(/C=C/c1ccccc1)Nc1cccc(C(=O)N2CCCCCC2)c1. The Bertz CT molecular complexity index is 776. The number of carbonyl (C=O) groups is 2. The van der Waals surface area contributed by atoms with Crippen molar-refractivity contribution in [2.45, 2.75) is 25.7 Å². The molecule has 2 aromatic rings. The Morgan fingerprint density at radius 2 is 1.62 bits per heavy atom. The zero-order valence-corrected chi connectivity index (χ0v) is 14.9. The van der Waals surface area contributed by atoms with Crippen molar-refractivity contribution in [2.75, 3.05) is 18.4 Å². The minimum absolute atomic E-state index is 0.0443. The zero-order valence-electron chi connectivity index (χ0n) is 14.9. The molecule has 1 saturated heterocycles. The van der Waals surface area contributed by atoms with Crippen LogP contribution in [0.2, 0.25) is 0 Å². The lowest BCUT2D eigenvalue weighted by molar-refractivity contribution is -0.111. The van der Waals surface area contributed by atoms with Gasteiger partial charge in [0, 0.05) is 30.4 Å². The molecule has 1 fully saturated rings. The Kier molecular flexibility index (Phi) is 6.20. The van der Waals surface area contributed by atoms with Crippen molar-refractivity contribution in [3.05, 3.63) is 71.8 Å². The molecule has 2 aromatic carbocycles. The van der Waals surface area contributed by atoms with Gasteiger partial charge >= 0.3 is 0 Å². The van der Waals surface area contributed by atoms with Gasteiger partial charge in [0.05, 0.1) is 0 Å². The quantitative estimate of drug-likeness (QED) is 0.835. The highest BCUT2D eigenvalue weighted by molar-refractivity contribution is 6.03. The third kappa shape index (κ3) is 5.06. The van der Waals surface area contributed by atoms with Crippen LogP contribution in [-0.4, -0.2) is 29.8 Å². The maximum absolute atomic E-state index is 12.7. The van der Waals surface area contributed by atoms with E-state index in [4.69, 9.17) is 0 Å². The molecule has 1 N–H and O–H groups in total. The number of nitrogens with one attached hydrogen (secondary N) is 1. The largest absolute Gasteiger partial charge is 0.339 e. The molecule has 0 bridgehead atoms. The molecule has 0 spiro atoms. The fraction of sp³-hybridized carbons (Fsp3) is 0.273. The van der Waals surface area contributed by atoms with Crippen molar-refractivity contribution in [3.63, 3.8) is 0 Å². The third-order valence-electron chi connectivity index (χ3n) is 4.50. The summed E-state index contributed by atoms with van der Waals surface area (Å²) >= 11 is 0. The maximum Gasteiger partial charge on any atom is 0.253 e. The first-order valence-corrected chi connectivity index (χ1v) is 9.16. The van der Waals surface area contributed by atoms with Crippen LogP contribution >= 0.6 is 0 Å².